The Labute approximate surface area is 122 Å². The minimum Gasteiger partial charge on any atom is -0.353 e. The highest BCUT2D eigenvalue weighted by Gasteiger charge is 2.32. The van der Waals surface area contributed by atoms with Crippen LogP contribution in [-0.4, -0.2) is 47.3 Å². The van der Waals surface area contributed by atoms with Gasteiger partial charge in [-0.3, -0.25) is 4.90 Å². The summed E-state index contributed by atoms with van der Waals surface area (Å²) in [7, 11) is 0. The first-order valence-electron chi connectivity index (χ1n) is 7.30. The Bertz CT molecular complexity index is 456. The van der Waals surface area contributed by atoms with Crippen molar-refractivity contribution in [3.05, 3.63) is 17.8 Å². The van der Waals surface area contributed by atoms with E-state index >= 15 is 0 Å². The molecule has 0 radical (unpaired) electrons. The normalized spacial score (nSPS) is 18.8. The molecule has 1 aliphatic heterocycles. The molecule has 1 aromatic heterocycles. The van der Waals surface area contributed by atoms with Gasteiger partial charge in [-0.05, 0) is 19.4 Å². The van der Waals surface area contributed by atoms with Crippen LogP contribution in [0.4, 0.5) is 19.0 Å². The molecule has 0 aromatic carbocycles. The second-order valence-electron chi connectivity index (χ2n) is 5.46. The van der Waals surface area contributed by atoms with Gasteiger partial charge in [0.25, 0.3) is 0 Å². The molecule has 4 nitrogen and oxygen atoms in total. The Hall–Kier alpha value is -1.37. The van der Waals surface area contributed by atoms with Crippen LogP contribution in [-0.2, 0) is 6.18 Å². The Morgan fingerprint density at radius 1 is 1.24 bits per heavy atom. The van der Waals surface area contributed by atoms with Crippen LogP contribution in [0.25, 0.3) is 0 Å². The van der Waals surface area contributed by atoms with E-state index in [4.69, 9.17) is 0 Å². The summed E-state index contributed by atoms with van der Waals surface area (Å²) in [4.78, 5) is 4.25. The third kappa shape index (κ3) is 4.06. The van der Waals surface area contributed by atoms with E-state index in [1.165, 1.54) is 0 Å². The van der Waals surface area contributed by atoms with Gasteiger partial charge in [-0.2, -0.15) is 18.3 Å². The largest absolute Gasteiger partial charge is 0.418 e. The molecule has 1 unspecified atom stereocenters. The molecule has 2 heterocycles. The summed E-state index contributed by atoms with van der Waals surface area (Å²) >= 11 is 0. The SMILES string of the molecule is CCCC(C)N1CCN(c2cc(C(F)(F)F)cnn2)CC1. The molecule has 1 atom stereocenters. The Morgan fingerprint density at radius 3 is 2.48 bits per heavy atom. The van der Waals surface area contributed by atoms with Gasteiger partial charge in [0.2, 0.25) is 0 Å². The van der Waals surface area contributed by atoms with Crippen molar-refractivity contribution in [1.82, 2.24) is 15.1 Å². The zero-order chi connectivity index (χ0) is 15.5. The second-order valence-corrected chi connectivity index (χ2v) is 5.46. The summed E-state index contributed by atoms with van der Waals surface area (Å²) in [6.45, 7) is 7.42. The molecule has 0 saturated carbocycles. The summed E-state index contributed by atoms with van der Waals surface area (Å²) in [6.07, 6.45) is -1.32. The number of nitrogens with zero attached hydrogens (tertiary/aromatic N) is 4. The van der Waals surface area contributed by atoms with Crippen LogP contribution < -0.4 is 4.90 Å². The minimum absolute atomic E-state index is 0.313. The number of piperazine rings is 1. The Balaban J connectivity index is 1.99. The van der Waals surface area contributed by atoms with Crippen molar-refractivity contribution in [2.24, 2.45) is 0 Å². The fourth-order valence-electron chi connectivity index (χ4n) is 2.66. The Kier molecular flexibility index (Phi) is 5.03. The lowest BCUT2D eigenvalue weighted by molar-refractivity contribution is -0.137. The summed E-state index contributed by atoms with van der Waals surface area (Å²) in [6, 6.07) is 1.60. The molecule has 7 heteroatoms. The quantitative estimate of drug-likeness (QED) is 0.856. The second kappa shape index (κ2) is 6.60. The van der Waals surface area contributed by atoms with Crippen LogP contribution >= 0.6 is 0 Å². The van der Waals surface area contributed by atoms with Crippen molar-refractivity contribution in [3.63, 3.8) is 0 Å². The van der Waals surface area contributed by atoms with Gasteiger partial charge in [0.1, 0.15) is 0 Å². The predicted molar refractivity (Wildman–Crippen MR) is 75.2 cm³/mol. The van der Waals surface area contributed by atoms with Crippen LogP contribution in [0.1, 0.15) is 32.3 Å². The van der Waals surface area contributed by atoms with Crippen molar-refractivity contribution in [3.8, 4) is 0 Å². The summed E-state index contributed by atoms with van der Waals surface area (Å²) in [5.74, 6) is 0.313. The minimum atomic E-state index is -4.37. The van der Waals surface area contributed by atoms with E-state index in [9.17, 15) is 13.2 Å². The molecule has 2 rings (SSSR count). The molecule has 0 amide bonds. The van der Waals surface area contributed by atoms with Crippen LogP contribution in [0.2, 0.25) is 0 Å². The molecule has 0 N–H and O–H groups in total. The zero-order valence-electron chi connectivity index (χ0n) is 12.4. The van der Waals surface area contributed by atoms with E-state index in [0.29, 0.717) is 24.9 Å². The van der Waals surface area contributed by atoms with Gasteiger partial charge >= 0.3 is 6.18 Å². The molecule has 0 aliphatic carbocycles. The van der Waals surface area contributed by atoms with Crippen LogP contribution in [0.5, 0.6) is 0 Å². The number of hydrogen-bond acceptors (Lipinski definition) is 4. The maximum atomic E-state index is 12.7. The third-order valence-corrected chi connectivity index (χ3v) is 3.94. The number of halogens is 3. The standard InChI is InChI=1S/C14H21F3N4/c1-3-4-11(2)20-5-7-21(8-6-20)13-9-12(10-18-19-13)14(15,16)17/h9-11H,3-8H2,1-2H3. The third-order valence-electron chi connectivity index (χ3n) is 3.94. The maximum absolute atomic E-state index is 12.7. The lowest BCUT2D eigenvalue weighted by Gasteiger charge is -2.38. The summed E-state index contributed by atoms with van der Waals surface area (Å²) < 4.78 is 38.1. The first-order chi connectivity index (χ1) is 9.91. The topological polar surface area (TPSA) is 32.3 Å². The molecule has 21 heavy (non-hydrogen) atoms. The predicted octanol–water partition coefficient (Wildman–Crippen LogP) is 2.81. The fraction of sp³-hybridized carbons (Fsp3) is 0.714. The molecule has 1 aromatic rings. The van der Waals surface area contributed by atoms with Gasteiger partial charge in [-0.15, -0.1) is 5.10 Å². The van der Waals surface area contributed by atoms with E-state index in [1.54, 1.807) is 0 Å². The van der Waals surface area contributed by atoms with Crippen LogP contribution in [0, 0.1) is 0 Å². The van der Waals surface area contributed by atoms with Crippen molar-refractivity contribution < 1.29 is 13.2 Å². The fourth-order valence-corrected chi connectivity index (χ4v) is 2.66. The monoisotopic (exact) mass is 302 g/mol. The Morgan fingerprint density at radius 2 is 1.90 bits per heavy atom. The lowest BCUT2D eigenvalue weighted by atomic mass is 10.1. The van der Waals surface area contributed by atoms with Gasteiger partial charge in [-0.1, -0.05) is 13.3 Å². The molecule has 0 spiro atoms. The van der Waals surface area contributed by atoms with Crippen molar-refractivity contribution in [2.45, 2.75) is 38.9 Å². The number of rotatable bonds is 4. The van der Waals surface area contributed by atoms with Crippen molar-refractivity contribution in [1.29, 1.82) is 0 Å². The van der Waals surface area contributed by atoms with E-state index < -0.39 is 11.7 Å². The van der Waals surface area contributed by atoms with E-state index in [-0.39, 0.29) is 0 Å². The summed E-state index contributed by atoms with van der Waals surface area (Å²) in [5, 5.41) is 7.32. The van der Waals surface area contributed by atoms with Crippen molar-refractivity contribution in [2.75, 3.05) is 31.1 Å². The van der Waals surface area contributed by atoms with Gasteiger partial charge in [0.15, 0.2) is 5.82 Å². The van der Waals surface area contributed by atoms with Crippen LogP contribution in [0.3, 0.4) is 0 Å². The molecule has 0 bridgehead atoms. The highest BCUT2D eigenvalue weighted by Crippen LogP contribution is 2.30. The first kappa shape index (κ1) is 16.0. The molecule has 118 valence electrons. The zero-order valence-corrected chi connectivity index (χ0v) is 12.4. The van der Waals surface area contributed by atoms with Gasteiger partial charge in [0.05, 0.1) is 11.8 Å². The van der Waals surface area contributed by atoms with Gasteiger partial charge < -0.3 is 4.90 Å². The number of anilines is 1. The number of hydrogen-bond donors (Lipinski definition) is 0. The average Bonchev–Trinajstić information content (AvgIpc) is 2.47. The molecule has 1 fully saturated rings. The highest BCUT2D eigenvalue weighted by molar-refractivity contribution is 5.40. The smallest absolute Gasteiger partial charge is 0.353 e. The maximum Gasteiger partial charge on any atom is 0.418 e. The highest BCUT2D eigenvalue weighted by atomic mass is 19.4. The first-order valence-corrected chi connectivity index (χ1v) is 7.30. The summed E-state index contributed by atoms with van der Waals surface area (Å²) in [5.41, 5.74) is -0.741. The number of alkyl halides is 3. The molecular formula is C14H21F3N4. The van der Waals surface area contributed by atoms with Gasteiger partial charge in [-0.25, -0.2) is 0 Å². The van der Waals surface area contributed by atoms with E-state index in [1.807, 2.05) is 4.90 Å². The molecular weight excluding hydrogens is 281 g/mol. The van der Waals surface area contributed by atoms with Crippen molar-refractivity contribution >= 4 is 5.82 Å². The lowest BCUT2D eigenvalue weighted by Crippen LogP contribution is -2.49. The average molecular weight is 302 g/mol. The van der Waals surface area contributed by atoms with Gasteiger partial charge in [0, 0.05) is 32.2 Å². The number of aromatic nitrogens is 2. The van der Waals surface area contributed by atoms with E-state index in [2.05, 4.69) is 28.9 Å². The molecule has 1 saturated heterocycles. The molecule has 1 aliphatic rings. The van der Waals surface area contributed by atoms with E-state index in [0.717, 1.165) is 38.2 Å². The van der Waals surface area contributed by atoms with Crippen LogP contribution in [0.15, 0.2) is 12.3 Å².